The van der Waals surface area contributed by atoms with E-state index in [4.69, 9.17) is 5.14 Å². The van der Waals surface area contributed by atoms with E-state index >= 15 is 0 Å². The topological polar surface area (TPSA) is 89.3 Å². The van der Waals surface area contributed by atoms with Crippen molar-refractivity contribution in [3.63, 3.8) is 0 Å². The van der Waals surface area contributed by atoms with Gasteiger partial charge in [0.15, 0.2) is 0 Å². The van der Waals surface area contributed by atoms with Crippen molar-refractivity contribution in [2.45, 2.75) is 17.9 Å². The maximum absolute atomic E-state index is 11.2. The van der Waals surface area contributed by atoms with E-state index in [-0.39, 0.29) is 10.9 Å². The Morgan fingerprint density at radius 3 is 2.67 bits per heavy atom. The Morgan fingerprint density at radius 2 is 2.11 bits per heavy atom. The average molecular weight is 290 g/mol. The number of nitrogens with one attached hydrogen (secondary N) is 1. The Labute approximate surface area is 110 Å². The molecular formula is C11H18N2O3S2. The van der Waals surface area contributed by atoms with Crippen molar-refractivity contribution < 1.29 is 12.6 Å². The maximum Gasteiger partial charge on any atom is 0.238 e. The van der Waals surface area contributed by atoms with E-state index in [9.17, 15) is 12.6 Å². The minimum atomic E-state index is -3.67. The van der Waals surface area contributed by atoms with Crippen LogP contribution in [0.5, 0.6) is 0 Å². The Morgan fingerprint density at radius 1 is 1.44 bits per heavy atom. The number of sulfonamides is 1. The number of hydrogen-bond acceptors (Lipinski definition) is 4. The smallest absolute Gasteiger partial charge is 0.238 e. The molecule has 0 spiro atoms. The van der Waals surface area contributed by atoms with Crippen LogP contribution in [-0.2, 0) is 20.8 Å². The van der Waals surface area contributed by atoms with Crippen LogP contribution in [-0.4, -0.2) is 31.2 Å². The van der Waals surface area contributed by atoms with Crippen LogP contribution >= 0.6 is 0 Å². The zero-order chi connectivity index (χ0) is 13.8. The molecular weight excluding hydrogens is 272 g/mol. The van der Waals surface area contributed by atoms with Gasteiger partial charge in [-0.3, -0.25) is 4.21 Å². The van der Waals surface area contributed by atoms with Gasteiger partial charge >= 0.3 is 0 Å². The maximum atomic E-state index is 11.2. The fourth-order valence-electron chi connectivity index (χ4n) is 1.50. The van der Waals surface area contributed by atoms with E-state index in [1.807, 2.05) is 13.0 Å². The summed E-state index contributed by atoms with van der Waals surface area (Å²) in [6.07, 6.45) is 1.65. The van der Waals surface area contributed by atoms with Crippen LogP contribution in [0.2, 0.25) is 0 Å². The van der Waals surface area contributed by atoms with Gasteiger partial charge in [0.05, 0.1) is 4.90 Å². The first-order chi connectivity index (χ1) is 8.30. The summed E-state index contributed by atoms with van der Waals surface area (Å²) in [6.45, 7) is 2.53. The normalized spacial score (nSPS) is 15.3. The van der Waals surface area contributed by atoms with Crippen LogP contribution in [0.4, 0.5) is 0 Å². The second-order valence-corrected chi connectivity index (χ2v) is 7.19. The second-order valence-electron chi connectivity index (χ2n) is 4.07. The summed E-state index contributed by atoms with van der Waals surface area (Å²) in [5.74, 6) is 0.569. The van der Waals surface area contributed by atoms with Crippen molar-refractivity contribution in [2.75, 3.05) is 18.6 Å². The summed E-state index contributed by atoms with van der Waals surface area (Å²) in [7, 11) is -4.50. The number of benzene rings is 1. The zero-order valence-corrected chi connectivity index (χ0v) is 12.1. The van der Waals surface area contributed by atoms with E-state index in [1.54, 1.807) is 18.4 Å². The van der Waals surface area contributed by atoms with Gasteiger partial charge in [-0.2, -0.15) is 0 Å². The first-order valence-electron chi connectivity index (χ1n) is 5.47. The average Bonchev–Trinajstić information content (AvgIpc) is 2.27. The Bertz CT molecular complexity index is 529. The van der Waals surface area contributed by atoms with E-state index in [0.717, 1.165) is 5.56 Å². The molecule has 0 saturated carbocycles. The van der Waals surface area contributed by atoms with Gasteiger partial charge in [-0.25, -0.2) is 13.6 Å². The molecule has 0 aliphatic carbocycles. The predicted octanol–water partition coefficient (Wildman–Crippen LogP) is 0.363. The Kier molecular flexibility index (Phi) is 5.46. The van der Waals surface area contributed by atoms with Crippen LogP contribution in [0.3, 0.4) is 0 Å². The summed E-state index contributed by atoms with van der Waals surface area (Å²) in [5, 5.41) is 8.26. The first-order valence-corrected chi connectivity index (χ1v) is 8.74. The number of rotatable bonds is 6. The van der Waals surface area contributed by atoms with Crippen molar-refractivity contribution in [1.82, 2.24) is 5.32 Å². The van der Waals surface area contributed by atoms with Crippen LogP contribution in [0.1, 0.15) is 18.5 Å². The van der Waals surface area contributed by atoms with Crippen molar-refractivity contribution in [3.05, 3.63) is 29.8 Å². The lowest BCUT2D eigenvalue weighted by Crippen LogP contribution is -2.24. The van der Waals surface area contributed by atoms with Crippen LogP contribution < -0.4 is 10.5 Å². The molecule has 1 rings (SSSR count). The summed E-state index contributed by atoms with van der Waals surface area (Å²) < 4.78 is 33.4. The molecule has 0 aromatic heterocycles. The molecule has 1 aromatic carbocycles. The fourth-order valence-corrected chi connectivity index (χ4v) is 2.47. The molecule has 7 heteroatoms. The molecule has 0 aliphatic rings. The molecule has 2 unspecified atom stereocenters. The van der Waals surface area contributed by atoms with E-state index in [1.165, 1.54) is 6.07 Å². The highest BCUT2D eigenvalue weighted by Gasteiger charge is 2.11. The predicted molar refractivity (Wildman–Crippen MR) is 73.2 cm³/mol. The van der Waals surface area contributed by atoms with E-state index in [0.29, 0.717) is 12.3 Å². The SMILES string of the molecule is CC(NCCS(C)=O)c1cccc(S(N)(=O)=O)c1. The summed E-state index contributed by atoms with van der Waals surface area (Å²) >= 11 is 0. The lowest BCUT2D eigenvalue weighted by atomic mass is 10.1. The zero-order valence-electron chi connectivity index (χ0n) is 10.4. The number of hydrogen-bond donors (Lipinski definition) is 2. The highest BCUT2D eigenvalue weighted by atomic mass is 32.2. The molecule has 0 fully saturated rings. The molecule has 0 bridgehead atoms. The minimum absolute atomic E-state index is 0.0183. The van der Waals surface area contributed by atoms with E-state index in [2.05, 4.69) is 5.32 Å². The minimum Gasteiger partial charge on any atom is -0.309 e. The molecule has 5 nitrogen and oxygen atoms in total. The van der Waals surface area contributed by atoms with Crippen molar-refractivity contribution in [3.8, 4) is 0 Å². The van der Waals surface area contributed by atoms with Gasteiger partial charge in [-0.15, -0.1) is 0 Å². The Hall–Kier alpha value is -0.760. The summed E-state index contributed by atoms with van der Waals surface area (Å²) in [5.41, 5.74) is 0.836. The van der Waals surface area contributed by atoms with Gasteiger partial charge in [0.25, 0.3) is 0 Å². The molecule has 102 valence electrons. The fraction of sp³-hybridized carbons (Fsp3) is 0.455. The molecule has 0 aliphatic heterocycles. The van der Waals surface area contributed by atoms with Crippen molar-refractivity contribution >= 4 is 20.8 Å². The third-order valence-corrected chi connectivity index (χ3v) is 4.22. The summed E-state index contributed by atoms with van der Waals surface area (Å²) in [6, 6.07) is 6.48. The first kappa shape index (κ1) is 15.3. The molecule has 18 heavy (non-hydrogen) atoms. The largest absolute Gasteiger partial charge is 0.309 e. The molecule has 2 atom stereocenters. The quantitative estimate of drug-likeness (QED) is 0.792. The van der Waals surface area contributed by atoms with Gasteiger partial charge in [-0.1, -0.05) is 12.1 Å². The van der Waals surface area contributed by atoms with Crippen LogP contribution in [0, 0.1) is 0 Å². The molecule has 0 amide bonds. The van der Waals surface area contributed by atoms with Gasteiger partial charge < -0.3 is 5.32 Å². The van der Waals surface area contributed by atoms with Gasteiger partial charge in [-0.05, 0) is 24.6 Å². The molecule has 0 saturated heterocycles. The highest BCUT2D eigenvalue weighted by Crippen LogP contribution is 2.16. The van der Waals surface area contributed by atoms with Crippen molar-refractivity contribution in [2.24, 2.45) is 5.14 Å². The highest BCUT2D eigenvalue weighted by molar-refractivity contribution is 7.89. The van der Waals surface area contributed by atoms with Gasteiger partial charge in [0.1, 0.15) is 0 Å². The van der Waals surface area contributed by atoms with Gasteiger partial charge in [0.2, 0.25) is 10.0 Å². The molecule has 1 aromatic rings. The Balaban J connectivity index is 2.74. The molecule has 0 heterocycles. The third kappa shape index (κ3) is 4.85. The monoisotopic (exact) mass is 290 g/mol. The lowest BCUT2D eigenvalue weighted by molar-refractivity contribution is 0.590. The molecule has 3 N–H and O–H groups in total. The number of nitrogens with two attached hydrogens (primary N) is 1. The van der Waals surface area contributed by atoms with Crippen LogP contribution in [0.25, 0.3) is 0 Å². The standard InChI is InChI=1S/C11H18N2O3S2/c1-9(13-6-7-17(2)14)10-4-3-5-11(8-10)18(12,15)16/h3-5,8-9,13H,6-7H2,1-2H3,(H2,12,15,16). The lowest BCUT2D eigenvalue weighted by Gasteiger charge is -2.14. The van der Waals surface area contributed by atoms with Gasteiger partial charge in [0, 0.05) is 35.4 Å². The third-order valence-electron chi connectivity index (χ3n) is 2.53. The van der Waals surface area contributed by atoms with E-state index < -0.39 is 20.8 Å². The number of primary sulfonamides is 1. The second kappa shape index (κ2) is 6.42. The van der Waals surface area contributed by atoms with Crippen LogP contribution in [0.15, 0.2) is 29.2 Å². The molecule has 0 radical (unpaired) electrons. The summed E-state index contributed by atoms with van der Waals surface area (Å²) in [4.78, 5) is 0.104. The van der Waals surface area contributed by atoms with Crippen molar-refractivity contribution in [1.29, 1.82) is 0 Å².